The molecule has 0 atom stereocenters. The van der Waals surface area contributed by atoms with Crippen molar-refractivity contribution >= 4 is 11.6 Å². The summed E-state index contributed by atoms with van der Waals surface area (Å²) in [5, 5.41) is 11.9. The second-order valence-corrected chi connectivity index (χ2v) is 8.72. The molecule has 2 aromatic carbocycles. The second kappa shape index (κ2) is 8.31. The van der Waals surface area contributed by atoms with E-state index < -0.39 is 0 Å². The van der Waals surface area contributed by atoms with Crippen molar-refractivity contribution in [2.45, 2.75) is 52.9 Å². The average molecular weight is 442 g/mol. The topological polar surface area (TPSA) is 85.8 Å². The van der Waals surface area contributed by atoms with E-state index in [9.17, 15) is 4.79 Å². The van der Waals surface area contributed by atoms with Crippen LogP contribution < -0.4 is 5.32 Å². The van der Waals surface area contributed by atoms with Gasteiger partial charge in [0.05, 0.1) is 16.9 Å². The van der Waals surface area contributed by atoms with Crippen molar-refractivity contribution in [1.29, 1.82) is 0 Å². The summed E-state index contributed by atoms with van der Waals surface area (Å²) in [7, 11) is 0. The number of nitrogens with zero attached hydrogens (tertiary/aromatic N) is 4. The Balaban J connectivity index is 1.45. The van der Waals surface area contributed by atoms with Gasteiger partial charge in [-0.1, -0.05) is 42.4 Å². The van der Waals surface area contributed by atoms with Gasteiger partial charge in [-0.05, 0) is 62.8 Å². The third-order valence-electron chi connectivity index (χ3n) is 6.20. The summed E-state index contributed by atoms with van der Waals surface area (Å²) in [5.41, 5.74) is 7.01. The van der Waals surface area contributed by atoms with E-state index >= 15 is 0 Å². The highest BCUT2D eigenvalue weighted by molar-refractivity contribution is 6.05. The van der Waals surface area contributed by atoms with E-state index in [1.54, 1.807) is 10.9 Å². The van der Waals surface area contributed by atoms with Crippen LogP contribution in [-0.2, 0) is 6.42 Å². The number of carbonyl (C=O) groups excluding carboxylic acids is 1. The van der Waals surface area contributed by atoms with E-state index in [1.165, 1.54) is 0 Å². The highest BCUT2D eigenvalue weighted by Crippen LogP contribution is 2.39. The number of aromatic nitrogens is 4. The first kappa shape index (κ1) is 21.1. The van der Waals surface area contributed by atoms with Crippen molar-refractivity contribution in [3.05, 3.63) is 76.4 Å². The largest absolute Gasteiger partial charge is 0.339 e. The summed E-state index contributed by atoms with van der Waals surface area (Å²) in [5.74, 6) is 1.53. The Morgan fingerprint density at radius 3 is 2.73 bits per heavy atom. The molecule has 1 fully saturated rings. The number of benzene rings is 2. The van der Waals surface area contributed by atoms with Crippen molar-refractivity contribution in [3.8, 4) is 17.1 Å². The lowest BCUT2D eigenvalue weighted by Crippen LogP contribution is -2.14. The Bertz CT molecular complexity index is 1350. The number of para-hydroxylation sites is 1. The van der Waals surface area contributed by atoms with E-state index in [0.717, 1.165) is 52.9 Å². The third-order valence-corrected chi connectivity index (χ3v) is 6.20. The Kier molecular flexibility index (Phi) is 5.32. The standard InChI is InChI=1S/C26H27N5O2/c1-5-18-8-6-7-16(3)23(18)27-25(32)21-14-31(29-17(21)4)22-13-20(10-9-15(22)2)24-28-26(33-30-24)19-11-12-19/h6-10,13-14,19H,5,11-12H2,1-4H3,(H,27,32). The molecule has 168 valence electrons. The van der Waals surface area contributed by atoms with Gasteiger partial charge in [-0.2, -0.15) is 10.1 Å². The molecule has 1 aliphatic rings. The summed E-state index contributed by atoms with van der Waals surface area (Å²) >= 11 is 0. The molecule has 0 saturated heterocycles. The first-order valence-electron chi connectivity index (χ1n) is 11.4. The van der Waals surface area contributed by atoms with Gasteiger partial charge in [0, 0.05) is 23.4 Å². The monoisotopic (exact) mass is 441 g/mol. The molecule has 0 aliphatic heterocycles. The van der Waals surface area contributed by atoms with Crippen LogP contribution in [0.25, 0.3) is 17.1 Å². The first-order valence-corrected chi connectivity index (χ1v) is 11.4. The molecule has 2 heterocycles. The maximum Gasteiger partial charge on any atom is 0.259 e. The zero-order chi connectivity index (χ0) is 23.1. The molecule has 5 rings (SSSR count). The second-order valence-electron chi connectivity index (χ2n) is 8.72. The van der Waals surface area contributed by atoms with Crippen molar-refractivity contribution in [1.82, 2.24) is 19.9 Å². The van der Waals surface area contributed by atoms with E-state index in [2.05, 4.69) is 27.5 Å². The zero-order valence-electron chi connectivity index (χ0n) is 19.3. The van der Waals surface area contributed by atoms with E-state index in [0.29, 0.717) is 28.9 Å². The van der Waals surface area contributed by atoms with Gasteiger partial charge in [0.25, 0.3) is 5.91 Å². The molecule has 1 N–H and O–H groups in total. The van der Waals surface area contributed by atoms with E-state index in [1.807, 2.05) is 57.2 Å². The van der Waals surface area contributed by atoms with Gasteiger partial charge in [-0.25, -0.2) is 4.68 Å². The molecule has 7 nitrogen and oxygen atoms in total. The maximum absolute atomic E-state index is 13.1. The minimum absolute atomic E-state index is 0.163. The molecule has 1 aliphatic carbocycles. The molecular weight excluding hydrogens is 414 g/mol. The number of aryl methyl sites for hydroxylation is 4. The van der Waals surface area contributed by atoms with Crippen LogP contribution in [0, 0.1) is 20.8 Å². The average Bonchev–Trinajstić information content (AvgIpc) is 3.41. The molecule has 2 aromatic heterocycles. The lowest BCUT2D eigenvalue weighted by Gasteiger charge is -2.12. The molecule has 0 radical (unpaired) electrons. The number of nitrogens with one attached hydrogen (secondary N) is 1. The van der Waals surface area contributed by atoms with Crippen molar-refractivity contribution < 1.29 is 9.32 Å². The van der Waals surface area contributed by atoms with Gasteiger partial charge in [0.15, 0.2) is 0 Å². The molecule has 0 spiro atoms. The van der Waals surface area contributed by atoms with Crippen LogP contribution in [0.2, 0.25) is 0 Å². The van der Waals surface area contributed by atoms with Crippen LogP contribution in [0.4, 0.5) is 5.69 Å². The lowest BCUT2D eigenvalue weighted by atomic mass is 10.1. The van der Waals surface area contributed by atoms with Gasteiger partial charge in [0.1, 0.15) is 0 Å². The Hall–Kier alpha value is -3.74. The van der Waals surface area contributed by atoms with E-state index in [4.69, 9.17) is 4.52 Å². The normalized spacial score (nSPS) is 13.3. The lowest BCUT2D eigenvalue weighted by molar-refractivity contribution is 0.102. The quantitative estimate of drug-likeness (QED) is 0.425. The van der Waals surface area contributed by atoms with Crippen LogP contribution in [0.5, 0.6) is 0 Å². The first-order chi connectivity index (χ1) is 15.9. The molecule has 1 amide bonds. The third kappa shape index (κ3) is 4.06. The molecular formula is C26H27N5O2. The highest BCUT2D eigenvalue weighted by atomic mass is 16.5. The zero-order valence-corrected chi connectivity index (χ0v) is 19.3. The summed E-state index contributed by atoms with van der Waals surface area (Å²) in [6, 6.07) is 12.0. The minimum atomic E-state index is -0.163. The predicted molar refractivity (Wildman–Crippen MR) is 127 cm³/mol. The molecule has 0 bridgehead atoms. The maximum atomic E-state index is 13.1. The SMILES string of the molecule is CCc1cccc(C)c1NC(=O)c1cn(-c2cc(-c3noc(C4CC4)n3)ccc2C)nc1C. The van der Waals surface area contributed by atoms with Gasteiger partial charge in [-0.3, -0.25) is 4.79 Å². The molecule has 33 heavy (non-hydrogen) atoms. The number of amides is 1. The van der Waals surface area contributed by atoms with Crippen LogP contribution in [-0.4, -0.2) is 25.8 Å². The Morgan fingerprint density at radius 2 is 1.97 bits per heavy atom. The number of hydrogen-bond donors (Lipinski definition) is 1. The fourth-order valence-corrected chi connectivity index (χ4v) is 4.03. The molecule has 0 unspecified atom stereocenters. The smallest absolute Gasteiger partial charge is 0.259 e. The fraction of sp³-hybridized carbons (Fsp3) is 0.308. The number of anilines is 1. The van der Waals surface area contributed by atoms with Crippen LogP contribution in [0.1, 0.15) is 64.3 Å². The summed E-state index contributed by atoms with van der Waals surface area (Å²) in [6.07, 6.45) is 4.85. The molecule has 7 heteroatoms. The van der Waals surface area contributed by atoms with Gasteiger partial charge < -0.3 is 9.84 Å². The van der Waals surface area contributed by atoms with Crippen LogP contribution in [0.15, 0.2) is 47.1 Å². The minimum Gasteiger partial charge on any atom is -0.339 e. The summed E-state index contributed by atoms with van der Waals surface area (Å²) in [4.78, 5) is 17.7. The molecule has 4 aromatic rings. The van der Waals surface area contributed by atoms with Crippen LogP contribution >= 0.6 is 0 Å². The number of rotatable bonds is 6. The summed E-state index contributed by atoms with van der Waals surface area (Å²) < 4.78 is 7.18. The fourth-order valence-electron chi connectivity index (χ4n) is 4.03. The van der Waals surface area contributed by atoms with E-state index in [-0.39, 0.29) is 5.91 Å². The van der Waals surface area contributed by atoms with Crippen molar-refractivity contribution in [2.24, 2.45) is 0 Å². The number of carbonyl (C=O) groups is 1. The van der Waals surface area contributed by atoms with Crippen molar-refractivity contribution in [3.63, 3.8) is 0 Å². The van der Waals surface area contributed by atoms with Gasteiger partial charge >= 0.3 is 0 Å². The van der Waals surface area contributed by atoms with Crippen LogP contribution in [0.3, 0.4) is 0 Å². The van der Waals surface area contributed by atoms with Crippen molar-refractivity contribution in [2.75, 3.05) is 5.32 Å². The molecule has 1 saturated carbocycles. The number of hydrogen-bond acceptors (Lipinski definition) is 5. The Morgan fingerprint density at radius 1 is 1.15 bits per heavy atom. The Labute approximate surface area is 192 Å². The van der Waals surface area contributed by atoms with Gasteiger partial charge in [0.2, 0.25) is 11.7 Å². The summed E-state index contributed by atoms with van der Waals surface area (Å²) in [6.45, 7) is 7.96. The highest BCUT2D eigenvalue weighted by Gasteiger charge is 2.30. The van der Waals surface area contributed by atoms with Gasteiger partial charge in [-0.15, -0.1) is 0 Å². The predicted octanol–water partition coefficient (Wildman–Crippen LogP) is 5.54.